The van der Waals surface area contributed by atoms with Crippen LogP contribution >= 0.6 is 15.9 Å². The van der Waals surface area contributed by atoms with Crippen molar-refractivity contribution >= 4 is 21.8 Å². The van der Waals surface area contributed by atoms with Gasteiger partial charge in [-0.05, 0) is 53.7 Å². The third-order valence-corrected chi connectivity index (χ3v) is 4.92. The summed E-state index contributed by atoms with van der Waals surface area (Å²) in [7, 11) is 0. The molecule has 0 saturated carbocycles. The van der Waals surface area contributed by atoms with Crippen LogP contribution in [-0.2, 0) is 0 Å². The van der Waals surface area contributed by atoms with Crippen molar-refractivity contribution in [3.63, 3.8) is 0 Å². The van der Waals surface area contributed by atoms with E-state index >= 15 is 0 Å². The average molecular weight is 351 g/mol. The van der Waals surface area contributed by atoms with Gasteiger partial charge in [0.15, 0.2) is 10.4 Å². The minimum Gasteiger partial charge on any atom is -0.444 e. The number of carbonyl (C=O) groups is 1. The van der Waals surface area contributed by atoms with E-state index in [0.29, 0.717) is 16.5 Å². The molecule has 1 amide bonds. The maximum absolute atomic E-state index is 12.6. The molecule has 0 aromatic carbocycles. The van der Waals surface area contributed by atoms with Gasteiger partial charge in [-0.3, -0.25) is 4.79 Å². The standard InChI is InChI=1S/C14H15BrN4O2/c15-13-4-3-12(21-13)14(20)18-9-1-2-10(18)8-11(7-9)19-16-5-6-17-19/h3-6,9-11H,1-2,7-8H2. The molecule has 4 heterocycles. The second kappa shape index (κ2) is 4.98. The molecule has 2 atom stereocenters. The fraction of sp³-hybridized carbons (Fsp3) is 0.500. The summed E-state index contributed by atoms with van der Waals surface area (Å²) in [6.07, 6.45) is 7.35. The van der Waals surface area contributed by atoms with Crippen LogP contribution in [0.2, 0.25) is 0 Å². The molecule has 21 heavy (non-hydrogen) atoms. The lowest BCUT2D eigenvalue weighted by molar-refractivity contribution is 0.0480. The highest BCUT2D eigenvalue weighted by atomic mass is 79.9. The van der Waals surface area contributed by atoms with Gasteiger partial charge in [0, 0.05) is 12.1 Å². The molecule has 2 aliphatic rings. The average Bonchev–Trinajstić information content (AvgIpc) is 3.18. The first-order chi connectivity index (χ1) is 10.2. The van der Waals surface area contributed by atoms with E-state index in [0.717, 1.165) is 25.7 Å². The number of carbonyl (C=O) groups excluding carboxylic acids is 1. The monoisotopic (exact) mass is 350 g/mol. The van der Waals surface area contributed by atoms with Gasteiger partial charge in [-0.2, -0.15) is 15.0 Å². The van der Waals surface area contributed by atoms with Crippen molar-refractivity contribution in [3.05, 3.63) is 35.0 Å². The summed E-state index contributed by atoms with van der Waals surface area (Å²) in [5.74, 6) is 0.412. The quantitative estimate of drug-likeness (QED) is 0.835. The molecule has 0 N–H and O–H groups in total. The third kappa shape index (κ3) is 2.19. The van der Waals surface area contributed by atoms with Gasteiger partial charge in [0.2, 0.25) is 0 Å². The van der Waals surface area contributed by atoms with E-state index in [1.807, 2.05) is 4.90 Å². The molecule has 2 aliphatic heterocycles. The highest BCUT2D eigenvalue weighted by Crippen LogP contribution is 2.41. The normalized spacial score (nSPS) is 28.0. The number of halogens is 1. The molecule has 2 unspecified atom stereocenters. The van der Waals surface area contributed by atoms with E-state index < -0.39 is 0 Å². The highest BCUT2D eigenvalue weighted by Gasteiger charge is 2.45. The summed E-state index contributed by atoms with van der Waals surface area (Å²) in [6, 6.07) is 4.31. The maximum Gasteiger partial charge on any atom is 0.290 e. The number of furan rings is 1. The first-order valence-corrected chi connectivity index (χ1v) is 7.95. The number of hydrogen-bond donors (Lipinski definition) is 0. The summed E-state index contributed by atoms with van der Waals surface area (Å²) in [5.41, 5.74) is 0. The smallest absolute Gasteiger partial charge is 0.290 e. The Kier molecular flexibility index (Phi) is 3.10. The van der Waals surface area contributed by atoms with Gasteiger partial charge in [-0.15, -0.1) is 0 Å². The first-order valence-electron chi connectivity index (χ1n) is 7.16. The van der Waals surface area contributed by atoms with E-state index in [-0.39, 0.29) is 18.0 Å². The second-order valence-corrected chi connectivity index (χ2v) is 6.46. The lowest BCUT2D eigenvalue weighted by Crippen LogP contribution is -2.47. The Bertz CT molecular complexity index is 640. The van der Waals surface area contributed by atoms with Gasteiger partial charge in [-0.25, -0.2) is 0 Å². The number of nitrogens with zero attached hydrogens (tertiary/aromatic N) is 4. The van der Waals surface area contributed by atoms with Crippen molar-refractivity contribution in [3.8, 4) is 0 Å². The Morgan fingerprint density at radius 1 is 1.14 bits per heavy atom. The second-order valence-electron chi connectivity index (χ2n) is 5.68. The van der Waals surface area contributed by atoms with Crippen LogP contribution in [0.25, 0.3) is 0 Å². The Hall–Kier alpha value is -1.63. The third-order valence-electron chi connectivity index (χ3n) is 4.49. The molecule has 0 radical (unpaired) electrons. The van der Waals surface area contributed by atoms with E-state index in [1.165, 1.54) is 0 Å². The summed E-state index contributed by atoms with van der Waals surface area (Å²) < 4.78 is 6.01. The van der Waals surface area contributed by atoms with E-state index in [2.05, 4.69) is 26.1 Å². The van der Waals surface area contributed by atoms with Crippen molar-refractivity contribution in [1.29, 1.82) is 0 Å². The predicted molar refractivity (Wildman–Crippen MR) is 77.7 cm³/mol. The summed E-state index contributed by atoms with van der Waals surface area (Å²) in [5, 5.41) is 8.49. The van der Waals surface area contributed by atoms with Gasteiger partial charge in [-0.1, -0.05) is 0 Å². The van der Waals surface area contributed by atoms with Crippen molar-refractivity contribution < 1.29 is 9.21 Å². The minimum absolute atomic E-state index is 0.0000690. The Morgan fingerprint density at radius 2 is 1.81 bits per heavy atom. The molecular formula is C14H15BrN4O2. The molecule has 0 spiro atoms. The van der Waals surface area contributed by atoms with E-state index in [1.54, 1.807) is 29.3 Å². The molecule has 4 rings (SSSR count). The number of aromatic nitrogens is 3. The molecule has 6 nitrogen and oxygen atoms in total. The van der Waals surface area contributed by atoms with E-state index in [4.69, 9.17) is 4.42 Å². The molecule has 2 fully saturated rings. The predicted octanol–water partition coefficient (Wildman–Crippen LogP) is 2.64. The zero-order chi connectivity index (χ0) is 14.4. The molecule has 2 aromatic rings. The summed E-state index contributed by atoms with van der Waals surface area (Å²) in [4.78, 5) is 16.4. The zero-order valence-corrected chi connectivity index (χ0v) is 12.9. The first kappa shape index (κ1) is 13.1. The number of amides is 1. The topological polar surface area (TPSA) is 64.2 Å². The highest BCUT2D eigenvalue weighted by molar-refractivity contribution is 9.10. The molecular weight excluding hydrogens is 336 g/mol. The molecule has 110 valence electrons. The van der Waals surface area contributed by atoms with Gasteiger partial charge in [0.05, 0.1) is 18.4 Å². The van der Waals surface area contributed by atoms with Crippen molar-refractivity contribution in [1.82, 2.24) is 19.9 Å². The van der Waals surface area contributed by atoms with Crippen LogP contribution in [0, 0.1) is 0 Å². The Labute approximate surface area is 130 Å². The van der Waals surface area contributed by atoms with Crippen LogP contribution in [0.15, 0.2) is 33.6 Å². The number of piperidine rings is 1. The molecule has 2 saturated heterocycles. The minimum atomic E-state index is 0.0000690. The molecule has 2 bridgehead atoms. The number of rotatable bonds is 2. The largest absolute Gasteiger partial charge is 0.444 e. The Morgan fingerprint density at radius 3 is 2.38 bits per heavy atom. The fourth-order valence-electron chi connectivity index (χ4n) is 3.64. The van der Waals surface area contributed by atoms with Crippen LogP contribution in [0.4, 0.5) is 0 Å². The van der Waals surface area contributed by atoms with Crippen LogP contribution in [0.1, 0.15) is 42.3 Å². The number of hydrogen-bond acceptors (Lipinski definition) is 4. The molecule has 2 aromatic heterocycles. The zero-order valence-electron chi connectivity index (χ0n) is 11.4. The van der Waals surface area contributed by atoms with Crippen LogP contribution in [0.5, 0.6) is 0 Å². The Balaban J connectivity index is 1.55. The van der Waals surface area contributed by atoms with Crippen LogP contribution in [-0.4, -0.2) is 37.9 Å². The fourth-order valence-corrected chi connectivity index (χ4v) is 3.95. The van der Waals surface area contributed by atoms with Gasteiger partial charge >= 0.3 is 0 Å². The van der Waals surface area contributed by atoms with Gasteiger partial charge in [0.25, 0.3) is 5.91 Å². The molecule has 0 aliphatic carbocycles. The summed E-state index contributed by atoms with van der Waals surface area (Å²) >= 11 is 3.25. The van der Waals surface area contributed by atoms with Crippen molar-refractivity contribution in [2.45, 2.75) is 43.8 Å². The molecule has 7 heteroatoms. The summed E-state index contributed by atoms with van der Waals surface area (Å²) in [6.45, 7) is 0. The lowest BCUT2D eigenvalue weighted by Gasteiger charge is -2.38. The maximum atomic E-state index is 12.6. The van der Waals surface area contributed by atoms with Gasteiger partial charge < -0.3 is 9.32 Å². The van der Waals surface area contributed by atoms with Crippen molar-refractivity contribution in [2.24, 2.45) is 0 Å². The van der Waals surface area contributed by atoms with E-state index in [9.17, 15) is 4.79 Å². The van der Waals surface area contributed by atoms with Gasteiger partial charge in [0.1, 0.15) is 0 Å². The SMILES string of the molecule is O=C(c1ccc(Br)o1)N1C2CCC1CC(n1nccn1)C2. The number of fused-ring (bicyclic) bond motifs is 2. The lowest BCUT2D eigenvalue weighted by atomic mass is 9.97. The van der Waals surface area contributed by atoms with Crippen LogP contribution in [0.3, 0.4) is 0 Å². The van der Waals surface area contributed by atoms with Crippen molar-refractivity contribution in [2.75, 3.05) is 0 Å². The van der Waals surface area contributed by atoms with Crippen LogP contribution < -0.4 is 0 Å².